The molecule has 5 rings (SSSR count). The number of Topliss-reactive ketones (excluding diaryl/α,β-unsaturated/α-hetero) is 1. The van der Waals surface area contributed by atoms with Crippen molar-refractivity contribution < 1.29 is 24.6 Å². The lowest BCUT2D eigenvalue weighted by Gasteiger charge is -2.70. The van der Waals surface area contributed by atoms with Gasteiger partial charge in [-0.1, -0.05) is 47.1 Å². The second-order valence-electron chi connectivity index (χ2n) is 15.0. The number of allylic oxidation sites excluding steroid dienone is 2. The summed E-state index contributed by atoms with van der Waals surface area (Å²) in [5.41, 5.74) is -2.35. The monoisotopic (exact) mass is 509 g/mol. The van der Waals surface area contributed by atoms with Crippen LogP contribution >= 0.6 is 0 Å². The summed E-state index contributed by atoms with van der Waals surface area (Å²) in [5.74, 6) is -2.57. The first kappa shape index (κ1) is 26.6. The number of fused-ring (bicyclic) bond motifs is 7. The van der Waals surface area contributed by atoms with Crippen LogP contribution in [-0.2, 0) is 14.4 Å². The molecule has 0 aliphatic heterocycles. The number of aliphatic hydroxyl groups excluding tert-OH is 1. The van der Waals surface area contributed by atoms with E-state index in [4.69, 9.17) is 0 Å². The van der Waals surface area contributed by atoms with Gasteiger partial charge in [0.2, 0.25) is 0 Å². The Morgan fingerprint density at radius 3 is 2.27 bits per heavy atom. The summed E-state index contributed by atoms with van der Waals surface area (Å²) in [6.07, 6.45) is 6.97. The largest absolute Gasteiger partial charge is 0.481 e. The number of rotatable bonds is 2. The topological polar surface area (TPSA) is 115 Å². The Morgan fingerprint density at radius 2 is 1.68 bits per heavy atom. The molecule has 0 spiro atoms. The van der Waals surface area contributed by atoms with Crippen LogP contribution < -0.4 is 0 Å². The van der Waals surface area contributed by atoms with Crippen LogP contribution in [0.25, 0.3) is 0 Å². The van der Waals surface area contributed by atoms with E-state index in [1.54, 1.807) is 6.08 Å². The molecule has 0 bridgehead atoms. The molecule has 5 aliphatic carbocycles. The van der Waals surface area contributed by atoms with Crippen molar-refractivity contribution in [3.63, 3.8) is 0 Å². The third-order valence-corrected chi connectivity index (χ3v) is 12.7. The van der Waals surface area contributed by atoms with Gasteiger partial charge in [-0.05, 0) is 85.5 Å². The van der Waals surface area contributed by atoms with Crippen LogP contribution in [0.15, 0.2) is 11.6 Å². The molecular formula is C31H43NO5. The number of carboxylic acid groups (broad SMARTS) is 1. The molecule has 5 aliphatic rings. The molecule has 6 heteroatoms. The van der Waals surface area contributed by atoms with Crippen molar-refractivity contribution in [1.82, 2.24) is 0 Å². The number of hydrogen-bond acceptors (Lipinski definition) is 5. The fourth-order valence-electron chi connectivity index (χ4n) is 10.5. The first-order valence-electron chi connectivity index (χ1n) is 14.1. The third-order valence-electron chi connectivity index (χ3n) is 12.7. The zero-order chi connectivity index (χ0) is 27.4. The summed E-state index contributed by atoms with van der Waals surface area (Å²) in [7, 11) is 0. The minimum Gasteiger partial charge on any atom is -0.481 e. The average Bonchev–Trinajstić information content (AvgIpc) is 2.82. The highest BCUT2D eigenvalue weighted by atomic mass is 16.4. The van der Waals surface area contributed by atoms with E-state index in [2.05, 4.69) is 33.8 Å². The maximum Gasteiger partial charge on any atom is 0.310 e. The van der Waals surface area contributed by atoms with Gasteiger partial charge in [-0.3, -0.25) is 14.4 Å². The highest BCUT2D eigenvalue weighted by Gasteiger charge is 2.73. The number of carbonyl (C=O) groups excluding carboxylic acids is 2. The van der Waals surface area contributed by atoms with Gasteiger partial charge in [-0.15, -0.1) is 0 Å². The summed E-state index contributed by atoms with van der Waals surface area (Å²) < 4.78 is 0. The molecule has 202 valence electrons. The van der Waals surface area contributed by atoms with Gasteiger partial charge < -0.3 is 10.2 Å². The Bertz CT molecular complexity index is 1140. The van der Waals surface area contributed by atoms with Crippen LogP contribution in [0.2, 0.25) is 0 Å². The number of hydrogen-bond donors (Lipinski definition) is 2. The Kier molecular flexibility index (Phi) is 5.59. The predicted molar refractivity (Wildman–Crippen MR) is 138 cm³/mol. The van der Waals surface area contributed by atoms with Crippen molar-refractivity contribution >= 4 is 17.5 Å². The smallest absolute Gasteiger partial charge is 0.310 e. The molecule has 0 aromatic heterocycles. The minimum absolute atomic E-state index is 0.00125. The van der Waals surface area contributed by atoms with Crippen molar-refractivity contribution in [3.8, 4) is 6.07 Å². The highest BCUT2D eigenvalue weighted by Crippen LogP contribution is 2.75. The van der Waals surface area contributed by atoms with Crippen LogP contribution in [-0.4, -0.2) is 34.4 Å². The van der Waals surface area contributed by atoms with E-state index in [0.717, 1.165) is 24.8 Å². The molecular weight excluding hydrogens is 466 g/mol. The second kappa shape index (κ2) is 7.78. The summed E-state index contributed by atoms with van der Waals surface area (Å²) in [5, 5.41) is 31.5. The first-order chi connectivity index (χ1) is 17.1. The van der Waals surface area contributed by atoms with Gasteiger partial charge in [-0.25, -0.2) is 0 Å². The zero-order valence-corrected chi connectivity index (χ0v) is 23.3. The molecule has 2 N–H and O–H groups in total. The molecule has 0 saturated heterocycles. The number of carboxylic acids is 1. The lowest BCUT2D eigenvalue weighted by atomic mass is 9.32. The van der Waals surface area contributed by atoms with E-state index in [-0.39, 0.29) is 47.3 Å². The maximum absolute atomic E-state index is 14.3. The number of nitriles is 1. The predicted octanol–water partition coefficient (Wildman–Crippen LogP) is 5.34. The number of nitrogens with zero attached hydrogens (tertiary/aromatic N) is 1. The van der Waals surface area contributed by atoms with Crippen LogP contribution in [0.4, 0.5) is 0 Å². The molecule has 4 unspecified atom stereocenters. The molecule has 4 fully saturated rings. The van der Waals surface area contributed by atoms with Crippen LogP contribution in [0, 0.1) is 67.5 Å². The fourth-order valence-corrected chi connectivity index (χ4v) is 10.5. The standard InChI is InChI=1S/C31H43NO5/c1-26(2)9-11-30(25(36)37)12-10-28(5)19(20(30)15-26)13-21(34)23-29(28,6)8-7-22-27(3,4)24(35)18(16-32)14-31(22,23)17-33/h13,18,20,22-23,33H,7-12,14-15,17H2,1-6H3,(H,36,37)/t18?,20?,22?,23?,28-,29-,30+,31-/m1/s1. The van der Waals surface area contributed by atoms with Gasteiger partial charge in [0.15, 0.2) is 11.6 Å². The summed E-state index contributed by atoms with van der Waals surface area (Å²) in [4.78, 5) is 40.4. The Labute approximate surface area is 220 Å². The van der Waals surface area contributed by atoms with E-state index in [0.29, 0.717) is 25.7 Å². The summed E-state index contributed by atoms with van der Waals surface area (Å²) >= 11 is 0. The van der Waals surface area contributed by atoms with Gasteiger partial charge in [0.05, 0.1) is 11.5 Å². The Balaban J connectivity index is 1.70. The van der Waals surface area contributed by atoms with Gasteiger partial charge in [0, 0.05) is 23.4 Å². The average molecular weight is 510 g/mol. The molecule has 6 nitrogen and oxygen atoms in total. The van der Waals surface area contributed by atoms with Gasteiger partial charge in [0.25, 0.3) is 0 Å². The van der Waals surface area contributed by atoms with Crippen molar-refractivity contribution in [2.24, 2.45) is 56.2 Å². The maximum atomic E-state index is 14.3. The van der Waals surface area contributed by atoms with E-state index < -0.39 is 39.5 Å². The molecule has 37 heavy (non-hydrogen) atoms. The van der Waals surface area contributed by atoms with Crippen LogP contribution in [0.5, 0.6) is 0 Å². The van der Waals surface area contributed by atoms with Crippen LogP contribution in [0.1, 0.15) is 92.9 Å². The normalized spacial score (nSPS) is 47.9. The molecule has 0 amide bonds. The second-order valence-corrected chi connectivity index (χ2v) is 15.0. The number of aliphatic carboxylic acids is 1. The summed E-state index contributed by atoms with van der Waals surface area (Å²) in [6, 6.07) is 2.20. The quantitative estimate of drug-likeness (QED) is 0.519. The molecule has 0 aromatic carbocycles. The van der Waals surface area contributed by atoms with Crippen molar-refractivity contribution in [1.29, 1.82) is 5.26 Å². The third kappa shape index (κ3) is 3.10. The number of carbonyl (C=O) groups is 3. The van der Waals surface area contributed by atoms with E-state index in [9.17, 15) is 29.9 Å². The van der Waals surface area contributed by atoms with Gasteiger partial charge >= 0.3 is 5.97 Å². The number of ketones is 2. The van der Waals surface area contributed by atoms with Crippen molar-refractivity contribution in [2.45, 2.75) is 92.9 Å². The molecule has 0 heterocycles. The van der Waals surface area contributed by atoms with Gasteiger partial charge in [-0.2, -0.15) is 5.26 Å². The van der Waals surface area contributed by atoms with Crippen molar-refractivity contribution in [3.05, 3.63) is 11.6 Å². The summed E-state index contributed by atoms with van der Waals surface area (Å²) in [6.45, 7) is 12.4. The van der Waals surface area contributed by atoms with E-state index in [1.807, 2.05) is 13.8 Å². The molecule has 8 atom stereocenters. The lowest BCUT2D eigenvalue weighted by molar-refractivity contribution is -0.206. The van der Waals surface area contributed by atoms with E-state index >= 15 is 0 Å². The van der Waals surface area contributed by atoms with Crippen LogP contribution in [0.3, 0.4) is 0 Å². The SMILES string of the molecule is CC1(C)CC[C@]2(C(=O)O)CC[C@]3(C)C(=CC(=O)C4[C@@]5(CO)CC(C#N)C(=O)C(C)(C)C5CC[C@]43C)C2C1. The zero-order valence-electron chi connectivity index (χ0n) is 23.3. The Morgan fingerprint density at radius 1 is 1.03 bits per heavy atom. The highest BCUT2D eigenvalue weighted by molar-refractivity contribution is 5.97. The molecule has 0 radical (unpaired) electrons. The molecule has 4 saturated carbocycles. The lowest BCUT2D eigenvalue weighted by Crippen LogP contribution is -2.69. The first-order valence-corrected chi connectivity index (χ1v) is 14.1. The Hall–Kier alpha value is -2.00. The number of aliphatic hydroxyl groups is 1. The minimum atomic E-state index is -0.847. The molecule has 0 aromatic rings. The fraction of sp³-hybridized carbons (Fsp3) is 0.806. The van der Waals surface area contributed by atoms with Gasteiger partial charge in [0.1, 0.15) is 5.92 Å². The van der Waals surface area contributed by atoms with Crippen molar-refractivity contribution in [2.75, 3.05) is 6.61 Å². The van der Waals surface area contributed by atoms with E-state index in [1.165, 1.54) is 0 Å².